The van der Waals surface area contributed by atoms with Gasteiger partial charge >= 0.3 is 0 Å². The molecule has 0 spiro atoms. The van der Waals surface area contributed by atoms with Crippen LogP contribution in [0.15, 0.2) is 41.6 Å². The predicted octanol–water partition coefficient (Wildman–Crippen LogP) is 4.38. The molecule has 0 aliphatic heterocycles. The van der Waals surface area contributed by atoms with Crippen LogP contribution in [0.1, 0.15) is 5.56 Å². The number of nitrogens with one attached hydrogen (secondary N) is 1. The molecule has 0 saturated carbocycles. The summed E-state index contributed by atoms with van der Waals surface area (Å²) in [6.45, 7) is 0. The Morgan fingerprint density at radius 1 is 0.833 bits per heavy atom. The minimum Gasteiger partial charge on any atom is -0.272 e. The van der Waals surface area contributed by atoms with Crippen LogP contribution in [0, 0.1) is 29.1 Å². The van der Waals surface area contributed by atoms with Crippen LogP contribution in [-0.2, 0) is 0 Å². The average molecular weight is 337 g/mol. The normalized spacial score (nSPS) is 11.4. The highest BCUT2D eigenvalue weighted by Crippen LogP contribution is 2.27. The van der Waals surface area contributed by atoms with Crippen molar-refractivity contribution in [1.29, 1.82) is 0 Å². The van der Waals surface area contributed by atoms with Gasteiger partial charge in [-0.25, -0.2) is 22.0 Å². The Labute approximate surface area is 132 Å². The first-order chi connectivity index (χ1) is 11.5. The molecular weight excluding hydrogens is 329 g/mol. The molecule has 0 unspecified atom stereocenters. The van der Waals surface area contributed by atoms with Crippen molar-refractivity contribution in [2.75, 3.05) is 5.43 Å². The fourth-order valence-electron chi connectivity index (χ4n) is 2.10. The summed E-state index contributed by atoms with van der Waals surface area (Å²) in [5.41, 5.74) is 1.85. The van der Waals surface area contributed by atoms with Crippen molar-refractivity contribution in [2.24, 2.45) is 5.10 Å². The number of para-hydroxylation sites is 1. The fraction of sp³-hybridized carbons (Fsp3) is 0. The number of halogens is 5. The van der Waals surface area contributed by atoms with E-state index in [9.17, 15) is 22.0 Å². The second-order valence-corrected chi connectivity index (χ2v) is 4.73. The van der Waals surface area contributed by atoms with Crippen LogP contribution >= 0.6 is 0 Å². The molecule has 0 saturated heterocycles. The van der Waals surface area contributed by atoms with Crippen molar-refractivity contribution in [3.05, 3.63) is 71.2 Å². The summed E-state index contributed by atoms with van der Waals surface area (Å²) in [5, 5.41) is 4.27. The highest BCUT2D eigenvalue weighted by molar-refractivity contribution is 5.98. The van der Waals surface area contributed by atoms with Gasteiger partial charge in [0, 0.05) is 17.1 Å². The van der Waals surface area contributed by atoms with Crippen molar-refractivity contribution in [1.82, 2.24) is 4.98 Å². The molecule has 0 aliphatic carbocycles. The maximum atomic E-state index is 13.5. The zero-order valence-corrected chi connectivity index (χ0v) is 11.8. The Morgan fingerprint density at radius 2 is 1.46 bits per heavy atom. The third kappa shape index (κ3) is 2.66. The van der Waals surface area contributed by atoms with Gasteiger partial charge in [0.05, 0.1) is 11.7 Å². The predicted molar refractivity (Wildman–Crippen MR) is 79.2 cm³/mol. The molecule has 0 fully saturated rings. The van der Waals surface area contributed by atoms with E-state index in [1.807, 2.05) is 5.43 Å². The first kappa shape index (κ1) is 15.9. The van der Waals surface area contributed by atoms with E-state index in [-0.39, 0.29) is 0 Å². The summed E-state index contributed by atoms with van der Waals surface area (Å²) >= 11 is 0. The molecule has 0 atom stereocenters. The van der Waals surface area contributed by atoms with E-state index in [0.717, 1.165) is 0 Å². The summed E-state index contributed by atoms with van der Waals surface area (Å²) in [6.07, 6.45) is 2.70. The number of hydrazone groups is 1. The lowest BCUT2D eigenvalue weighted by molar-refractivity contribution is 0.381. The van der Waals surface area contributed by atoms with Crippen LogP contribution < -0.4 is 5.43 Å². The number of aromatic nitrogens is 1. The number of rotatable bonds is 3. The second kappa shape index (κ2) is 6.23. The molecule has 0 radical (unpaired) electrons. The number of nitrogens with zero attached hydrogens (tertiary/aromatic N) is 2. The van der Waals surface area contributed by atoms with Crippen LogP contribution in [0.4, 0.5) is 27.6 Å². The van der Waals surface area contributed by atoms with Crippen molar-refractivity contribution in [3.8, 4) is 0 Å². The molecule has 0 aliphatic rings. The Morgan fingerprint density at radius 3 is 2.17 bits per heavy atom. The molecule has 3 nitrogen and oxygen atoms in total. The molecule has 24 heavy (non-hydrogen) atoms. The van der Waals surface area contributed by atoms with Crippen LogP contribution in [0.3, 0.4) is 0 Å². The molecule has 1 N–H and O–H groups in total. The third-order valence-corrected chi connectivity index (χ3v) is 3.27. The number of pyridine rings is 1. The molecule has 1 aromatic heterocycles. The molecule has 2 aromatic carbocycles. The number of anilines is 1. The maximum Gasteiger partial charge on any atom is 0.200 e. The van der Waals surface area contributed by atoms with E-state index < -0.39 is 34.8 Å². The quantitative estimate of drug-likeness (QED) is 0.253. The van der Waals surface area contributed by atoms with Gasteiger partial charge in [-0.3, -0.25) is 10.4 Å². The van der Waals surface area contributed by atoms with Crippen LogP contribution in [0.5, 0.6) is 0 Å². The third-order valence-electron chi connectivity index (χ3n) is 3.27. The monoisotopic (exact) mass is 337 g/mol. The van der Waals surface area contributed by atoms with E-state index in [4.69, 9.17) is 0 Å². The van der Waals surface area contributed by atoms with Crippen molar-refractivity contribution in [3.63, 3.8) is 0 Å². The number of hydrogen-bond donors (Lipinski definition) is 1. The summed E-state index contributed by atoms with van der Waals surface area (Å²) in [7, 11) is 0. The molecule has 0 amide bonds. The average Bonchev–Trinajstić information content (AvgIpc) is 2.61. The number of benzene rings is 2. The first-order valence-electron chi connectivity index (χ1n) is 6.65. The van der Waals surface area contributed by atoms with Gasteiger partial charge in [-0.1, -0.05) is 18.2 Å². The smallest absolute Gasteiger partial charge is 0.200 e. The van der Waals surface area contributed by atoms with Crippen LogP contribution in [0.2, 0.25) is 0 Å². The summed E-state index contributed by atoms with van der Waals surface area (Å²) in [6, 6.07) is 8.64. The molecule has 8 heteroatoms. The second-order valence-electron chi connectivity index (χ2n) is 4.73. The Balaban J connectivity index is 1.95. The van der Waals surface area contributed by atoms with Gasteiger partial charge in [0.15, 0.2) is 23.3 Å². The largest absolute Gasteiger partial charge is 0.272 e. The van der Waals surface area contributed by atoms with E-state index in [0.29, 0.717) is 16.5 Å². The standard InChI is InChI=1S/C16H8F5N3/c17-11-12(18)14(20)16(15(21)13(11)19)24-23-7-8-5-6-22-10-4-2-1-3-9(8)10/h1-7,24H. The lowest BCUT2D eigenvalue weighted by Gasteiger charge is -2.07. The van der Waals surface area contributed by atoms with E-state index >= 15 is 0 Å². The van der Waals surface area contributed by atoms with Crippen LogP contribution in [-0.4, -0.2) is 11.2 Å². The van der Waals surface area contributed by atoms with Crippen LogP contribution in [0.25, 0.3) is 10.9 Å². The maximum absolute atomic E-state index is 13.5. The van der Waals surface area contributed by atoms with Gasteiger partial charge in [0.2, 0.25) is 5.82 Å². The Kier molecular flexibility index (Phi) is 4.11. The molecule has 0 bridgehead atoms. The SMILES string of the molecule is Fc1c(F)c(F)c(NN=Cc2ccnc3ccccc23)c(F)c1F. The lowest BCUT2D eigenvalue weighted by Crippen LogP contribution is -2.06. The highest BCUT2D eigenvalue weighted by atomic mass is 19.2. The molecule has 3 rings (SSSR count). The van der Waals surface area contributed by atoms with Crippen molar-refractivity contribution in [2.45, 2.75) is 0 Å². The zero-order valence-electron chi connectivity index (χ0n) is 11.8. The van der Waals surface area contributed by atoms with Gasteiger partial charge < -0.3 is 0 Å². The lowest BCUT2D eigenvalue weighted by atomic mass is 10.1. The van der Waals surface area contributed by atoms with Crippen molar-refractivity contribution >= 4 is 22.8 Å². The topological polar surface area (TPSA) is 37.3 Å². The summed E-state index contributed by atoms with van der Waals surface area (Å²) in [4.78, 5) is 4.13. The summed E-state index contributed by atoms with van der Waals surface area (Å²) in [5.74, 6) is -10.3. The van der Waals surface area contributed by atoms with Gasteiger partial charge in [0.1, 0.15) is 5.69 Å². The first-order valence-corrected chi connectivity index (χ1v) is 6.65. The molecule has 1 heterocycles. The summed E-state index contributed by atoms with van der Waals surface area (Å²) < 4.78 is 66.2. The van der Waals surface area contributed by atoms with Gasteiger partial charge in [0.25, 0.3) is 0 Å². The molecule has 122 valence electrons. The van der Waals surface area contributed by atoms with Gasteiger partial charge in [-0.2, -0.15) is 5.10 Å². The van der Waals surface area contributed by atoms with E-state index in [1.54, 1.807) is 30.3 Å². The Hall–Kier alpha value is -3.03. The van der Waals surface area contributed by atoms with E-state index in [1.165, 1.54) is 12.4 Å². The zero-order chi connectivity index (χ0) is 17.3. The Bertz CT molecular complexity index is 922. The molecular formula is C16H8F5N3. The minimum absolute atomic E-state index is 0.553. The highest BCUT2D eigenvalue weighted by Gasteiger charge is 2.25. The van der Waals surface area contributed by atoms with Gasteiger partial charge in [-0.05, 0) is 12.1 Å². The van der Waals surface area contributed by atoms with E-state index in [2.05, 4.69) is 10.1 Å². The minimum atomic E-state index is -2.22. The van der Waals surface area contributed by atoms with Crippen molar-refractivity contribution < 1.29 is 22.0 Å². The number of hydrogen-bond acceptors (Lipinski definition) is 3. The number of fused-ring (bicyclic) bond motifs is 1. The van der Waals surface area contributed by atoms with Gasteiger partial charge in [-0.15, -0.1) is 0 Å². The molecule has 3 aromatic rings. The fourth-order valence-corrected chi connectivity index (χ4v) is 2.10.